The molecule has 2 saturated heterocycles. The molecule has 0 unspecified atom stereocenters. The molecule has 0 radical (unpaired) electrons. The van der Waals surface area contributed by atoms with Gasteiger partial charge in [0.25, 0.3) is 0 Å². The van der Waals surface area contributed by atoms with Crippen LogP contribution >= 0.6 is 11.6 Å². The van der Waals surface area contributed by atoms with Crippen LogP contribution in [0.15, 0.2) is 47.5 Å². The van der Waals surface area contributed by atoms with Crippen LogP contribution in [-0.2, 0) is 14.8 Å². The normalized spacial score (nSPS) is 18.4. The Morgan fingerprint density at radius 1 is 1.11 bits per heavy atom. The van der Waals surface area contributed by atoms with E-state index in [1.54, 1.807) is 33.5 Å². The molecule has 0 atom stereocenters. The van der Waals surface area contributed by atoms with Gasteiger partial charge in [0.15, 0.2) is 0 Å². The average molecular weight is 533 g/mol. The summed E-state index contributed by atoms with van der Waals surface area (Å²) in [5.74, 6) is 0.439. The number of halogens is 1. The number of hydrogen-bond donors (Lipinski definition) is 1. The van der Waals surface area contributed by atoms with E-state index in [-0.39, 0.29) is 17.8 Å². The molecule has 0 aliphatic carbocycles. The van der Waals surface area contributed by atoms with E-state index in [0.29, 0.717) is 67.2 Å². The van der Waals surface area contributed by atoms with Crippen molar-refractivity contribution in [2.24, 2.45) is 0 Å². The second-order valence-corrected chi connectivity index (χ2v) is 11.6. The summed E-state index contributed by atoms with van der Waals surface area (Å²) < 4.78 is 34.0. The molecule has 0 bridgehead atoms. The van der Waals surface area contributed by atoms with Gasteiger partial charge in [-0.3, -0.25) is 9.13 Å². The molecule has 2 aliphatic heterocycles. The molecule has 1 aromatic carbocycles. The molecule has 0 saturated carbocycles. The first kappa shape index (κ1) is 24.9. The third kappa shape index (κ3) is 5.34. The molecule has 36 heavy (non-hydrogen) atoms. The number of hydrogen-bond acceptors (Lipinski definition) is 7. The Hall–Kier alpha value is -2.73. The Bertz CT molecular complexity index is 1390. The summed E-state index contributed by atoms with van der Waals surface area (Å²) in [5.41, 5.74) is 1.75. The molecule has 2 aliphatic rings. The zero-order chi connectivity index (χ0) is 25.3. The number of imidazole rings is 1. The maximum atomic E-state index is 13.6. The lowest BCUT2D eigenvalue weighted by Crippen LogP contribution is -2.42. The highest BCUT2D eigenvalue weighted by atomic mass is 35.5. The van der Waals surface area contributed by atoms with Crippen LogP contribution in [0, 0.1) is 0 Å². The second-order valence-electron chi connectivity index (χ2n) is 9.21. The lowest BCUT2D eigenvalue weighted by atomic mass is 10.1. The quantitative estimate of drug-likeness (QED) is 0.519. The van der Waals surface area contributed by atoms with Gasteiger partial charge < -0.3 is 10.1 Å². The Balaban J connectivity index is 1.47. The summed E-state index contributed by atoms with van der Waals surface area (Å²) >= 11 is 6.26. The number of sulfonamides is 1. The third-order valence-electron chi connectivity index (χ3n) is 6.74. The third-order valence-corrected chi connectivity index (χ3v) is 8.28. The Morgan fingerprint density at radius 2 is 1.86 bits per heavy atom. The Kier molecular flexibility index (Phi) is 7.16. The lowest BCUT2D eigenvalue weighted by Gasteiger charge is -2.30. The largest absolute Gasteiger partial charge is 0.381 e. The van der Waals surface area contributed by atoms with E-state index in [2.05, 4.69) is 10.3 Å². The van der Waals surface area contributed by atoms with Gasteiger partial charge in [0.2, 0.25) is 16.0 Å². The van der Waals surface area contributed by atoms with Crippen LogP contribution in [0.4, 0.5) is 5.95 Å². The minimum atomic E-state index is -3.19. The first-order valence-electron chi connectivity index (χ1n) is 12.0. The summed E-state index contributed by atoms with van der Waals surface area (Å²) in [5, 5.41) is 3.88. The van der Waals surface area contributed by atoms with Gasteiger partial charge in [-0.25, -0.2) is 27.5 Å². The predicted molar refractivity (Wildman–Crippen MR) is 138 cm³/mol. The van der Waals surface area contributed by atoms with Crippen molar-refractivity contribution in [3.63, 3.8) is 0 Å². The highest BCUT2D eigenvalue weighted by Crippen LogP contribution is 2.27. The van der Waals surface area contributed by atoms with Crippen LogP contribution in [0.25, 0.3) is 17.1 Å². The van der Waals surface area contributed by atoms with Gasteiger partial charge in [-0.1, -0.05) is 17.7 Å². The van der Waals surface area contributed by atoms with E-state index in [0.717, 1.165) is 12.8 Å². The van der Waals surface area contributed by atoms with Gasteiger partial charge >= 0.3 is 5.69 Å². The van der Waals surface area contributed by atoms with Gasteiger partial charge in [0.1, 0.15) is 0 Å². The number of ether oxygens (including phenoxy) is 1. The maximum Gasteiger partial charge on any atom is 0.333 e. The number of aromatic nitrogens is 4. The monoisotopic (exact) mass is 532 g/mol. The standard InChI is InChI=1S/C24H29ClN6O4S/c1-36(33,34)29-11-6-18(7-12-29)27-23-26-10-5-21(28-23)22-16-30(19-8-13-35-14-9-19)24(32)31(22)20-4-2-3-17(25)15-20/h2-5,10,15-16,18-19H,6-9,11-14H2,1H3,(H,26,27,28). The minimum absolute atomic E-state index is 0.0462. The molecule has 0 amide bonds. The molecule has 0 spiro atoms. The zero-order valence-electron chi connectivity index (χ0n) is 20.0. The van der Waals surface area contributed by atoms with E-state index in [9.17, 15) is 13.2 Å². The molecule has 3 aromatic rings. The fourth-order valence-electron chi connectivity index (χ4n) is 4.82. The van der Waals surface area contributed by atoms with Crippen molar-refractivity contribution >= 4 is 27.6 Å². The van der Waals surface area contributed by atoms with Crippen LogP contribution in [0.2, 0.25) is 5.02 Å². The van der Waals surface area contributed by atoms with Gasteiger partial charge in [-0.15, -0.1) is 0 Å². The average Bonchev–Trinajstić information content (AvgIpc) is 3.21. The molecule has 4 heterocycles. The fourth-order valence-corrected chi connectivity index (χ4v) is 5.88. The van der Waals surface area contributed by atoms with Crippen molar-refractivity contribution < 1.29 is 13.2 Å². The molecule has 12 heteroatoms. The van der Waals surface area contributed by atoms with E-state index < -0.39 is 10.0 Å². The first-order chi connectivity index (χ1) is 17.3. The molecular weight excluding hydrogens is 504 g/mol. The molecular formula is C24H29ClN6O4S. The van der Waals surface area contributed by atoms with Crippen molar-refractivity contribution in [3.05, 3.63) is 58.2 Å². The molecule has 5 rings (SSSR count). The van der Waals surface area contributed by atoms with Gasteiger partial charge in [-0.2, -0.15) is 0 Å². The predicted octanol–water partition coefficient (Wildman–Crippen LogP) is 2.94. The van der Waals surface area contributed by atoms with E-state index in [1.807, 2.05) is 18.3 Å². The van der Waals surface area contributed by atoms with E-state index in [4.69, 9.17) is 21.3 Å². The summed E-state index contributed by atoms with van der Waals surface area (Å²) in [7, 11) is -3.19. The first-order valence-corrected chi connectivity index (χ1v) is 14.2. The number of benzene rings is 1. The van der Waals surface area contributed by atoms with Gasteiger partial charge in [-0.05, 0) is 49.9 Å². The summed E-state index contributed by atoms with van der Waals surface area (Å²) in [6, 6.07) is 9.08. The topological polar surface area (TPSA) is 111 Å². The Morgan fingerprint density at radius 3 is 2.56 bits per heavy atom. The van der Waals surface area contributed by atoms with Crippen LogP contribution in [0.5, 0.6) is 0 Å². The Labute approximate surface area is 214 Å². The summed E-state index contributed by atoms with van der Waals surface area (Å²) in [4.78, 5) is 22.7. The lowest BCUT2D eigenvalue weighted by molar-refractivity contribution is 0.0686. The smallest absolute Gasteiger partial charge is 0.333 e. The van der Waals surface area contributed by atoms with Crippen LogP contribution in [-0.4, -0.2) is 70.4 Å². The van der Waals surface area contributed by atoms with Crippen molar-refractivity contribution in [1.82, 2.24) is 23.4 Å². The molecule has 10 nitrogen and oxygen atoms in total. The maximum absolute atomic E-state index is 13.6. The summed E-state index contributed by atoms with van der Waals surface area (Å²) in [6.45, 7) is 2.15. The van der Waals surface area contributed by atoms with Gasteiger partial charge in [0, 0.05) is 55.8 Å². The second kappa shape index (κ2) is 10.3. The number of nitrogens with zero attached hydrogens (tertiary/aromatic N) is 5. The molecule has 2 fully saturated rings. The van der Waals surface area contributed by atoms with Crippen LogP contribution in [0.1, 0.15) is 31.7 Å². The molecule has 2 aromatic heterocycles. The fraction of sp³-hybridized carbons (Fsp3) is 0.458. The zero-order valence-corrected chi connectivity index (χ0v) is 21.6. The van der Waals surface area contributed by atoms with Crippen molar-refractivity contribution in [1.29, 1.82) is 0 Å². The highest BCUT2D eigenvalue weighted by molar-refractivity contribution is 7.88. The van der Waals surface area contributed by atoms with Gasteiger partial charge in [0.05, 0.1) is 23.3 Å². The number of anilines is 1. The van der Waals surface area contributed by atoms with E-state index in [1.165, 1.54) is 10.6 Å². The minimum Gasteiger partial charge on any atom is -0.381 e. The van der Waals surface area contributed by atoms with Crippen LogP contribution in [0.3, 0.4) is 0 Å². The van der Waals surface area contributed by atoms with E-state index >= 15 is 0 Å². The number of rotatable bonds is 6. The summed E-state index contributed by atoms with van der Waals surface area (Å²) in [6.07, 6.45) is 7.61. The highest BCUT2D eigenvalue weighted by Gasteiger charge is 2.26. The van der Waals surface area contributed by atoms with Crippen LogP contribution < -0.4 is 11.0 Å². The number of nitrogens with one attached hydrogen (secondary N) is 1. The molecule has 1 N–H and O–H groups in total. The van der Waals surface area contributed by atoms with Crippen molar-refractivity contribution in [2.45, 2.75) is 37.8 Å². The molecule has 192 valence electrons. The number of piperidine rings is 1. The van der Waals surface area contributed by atoms with Crippen molar-refractivity contribution in [3.8, 4) is 17.1 Å². The van der Waals surface area contributed by atoms with Crippen molar-refractivity contribution in [2.75, 3.05) is 37.9 Å². The SMILES string of the molecule is CS(=O)(=O)N1CCC(Nc2nccc(-c3cn(C4CCOCC4)c(=O)n3-c3cccc(Cl)c3)n2)CC1.